The number of hydrogen-bond acceptors (Lipinski definition) is 4. The van der Waals surface area contributed by atoms with Crippen molar-refractivity contribution in [1.82, 2.24) is 4.98 Å². The molecule has 0 bridgehead atoms. The molecule has 0 spiro atoms. The van der Waals surface area contributed by atoms with Gasteiger partial charge in [0, 0.05) is 6.20 Å². The molecular formula is C13H11FN2O4S. The zero-order valence-electron chi connectivity index (χ0n) is 10.9. The maximum absolute atomic E-state index is 13.5. The molecule has 110 valence electrons. The second-order valence-corrected chi connectivity index (χ2v) is 5.90. The van der Waals surface area contributed by atoms with E-state index in [1.165, 1.54) is 31.3 Å². The number of hydrogen-bond donors (Lipinski definition) is 2. The molecule has 1 aromatic heterocycles. The first-order valence-corrected chi connectivity index (χ1v) is 7.26. The number of benzene rings is 1. The number of carboxylic acids is 1. The minimum Gasteiger partial charge on any atom is -0.478 e. The lowest BCUT2D eigenvalue weighted by atomic mass is 10.1. The largest absolute Gasteiger partial charge is 0.478 e. The van der Waals surface area contributed by atoms with Crippen LogP contribution in [0.2, 0.25) is 0 Å². The molecule has 0 radical (unpaired) electrons. The molecule has 0 amide bonds. The molecule has 1 aromatic carbocycles. The minimum atomic E-state index is -4.10. The normalized spacial score (nSPS) is 11.1. The van der Waals surface area contributed by atoms with E-state index < -0.39 is 21.8 Å². The molecule has 2 N–H and O–H groups in total. The van der Waals surface area contributed by atoms with Crippen LogP contribution < -0.4 is 4.72 Å². The van der Waals surface area contributed by atoms with Crippen LogP contribution in [-0.2, 0) is 10.0 Å². The standard InChI is InChI=1S/C13H11FN2O4S/c1-8-2-3-9(13(17)18)6-12(8)21(19,20)16-11-4-5-15-7-10(11)14/h2-7H,1H3,(H,15,16)(H,17,18). The first-order valence-electron chi connectivity index (χ1n) is 5.77. The number of rotatable bonds is 4. The maximum atomic E-state index is 13.5. The Labute approximate surface area is 120 Å². The Bertz CT molecular complexity index is 806. The van der Waals surface area contributed by atoms with Gasteiger partial charge in [-0.05, 0) is 30.7 Å². The summed E-state index contributed by atoms with van der Waals surface area (Å²) in [6.07, 6.45) is 2.11. The van der Waals surface area contributed by atoms with Crippen LogP contribution in [-0.4, -0.2) is 24.5 Å². The van der Waals surface area contributed by atoms with Gasteiger partial charge in [-0.2, -0.15) is 0 Å². The summed E-state index contributed by atoms with van der Waals surface area (Å²) >= 11 is 0. The summed E-state index contributed by atoms with van der Waals surface area (Å²) in [5.41, 5.74) is -0.0803. The van der Waals surface area contributed by atoms with Crippen LogP contribution in [0.3, 0.4) is 0 Å². The molecule has 0 aliphatic carbocycles. The van der Waals surface area contributed by atoms with Gasteiger partial charge in [-0.25, -0.2) is 17.6 Å². The predicted octanol–water partition coefficient (Wildman–Crippen LogP) is 2.03. The van der Waals surface area contributed by atoms with Gasteiger partial charge in [-0.3, -0.25) is 9.71 Å². The smallest absolute Gasteiger partial charge is 0.335 e. The van der Waals surface area contributed by atoms with Gasteiger partial charge in [-0.1, -0.05) is 6.07 Å². The molecule has 21 heavy (non-hydrogen) atoms. The average molecular weight is 310 g/mol. The Hall–Kier alpha value is -2.48. The first kappa shape index (κ1) is 14.9. The number of aromatic carboxylic acids is 1. The summed E-state index contributed by atoms with van der Waals surface area (Å²) in [5, 5.41) is 8.92. The summed E-state index contributed by atoms with van der Waals surface area (Å²) < 4.78 is 40.1. The molecule has 0 saturated heterocycles. The summed E-state index contributed by atoms with van der Waals surface area (Å²) in [6, 6.07) is 4.87. The number of sulfonamides is 1. The van der Waals surface area contributed by atoms with Crippen LogP contribution in [0.25, 0.3) is 0 Å². The molecule has 0 aliphatic heterocycles. The first-order chi connectivity index (χ1) is 9.81. The topological polar surface area (TPSA) is 96.4 Å². The van der Waals surface area contributed by atoms with Crippen molar-refractivity contribution in [3.05, 3.63) is 53.6 Å². The van der Waals surface area contributed by atoms with Crippen LogP contribution in [0.5, 0.6) is 0 Å². The van der Waals surface area contributed by atoms with Crippen molar-refractivity contribution in [3.63, 3.8) is 0 Å². The monoisotopic (exact) mass is 310 g/mol. The SMILES string of the molecule is Cc1ccc(C(=O)O)cc1S(=O)(=O)Nc1ccncc1F. The third kappa shape index (κ3) is 3.16. The van der Waals surface area contributed by atoms with Gasteiger partial charge in [0.2, 0.25) is 0 Å². The molecule has 0 aliphatic rings. The van der Waals surface area contributed by atoms with Crippen molar-refractivity contribution >= 4 is 21.7 Å². The predicted molar refractivity (Wildman–Crippen MR) is 73.1 cm³/mol. The molecule has 2 rings (SSSR count). The fraction of sp³-hybridized carbons (Fsp3) is 0.0769. The molecule has 8 heteroatoms. The van der Waals surface area contributed by atoms with Gasteiger partial charge >= 0.3 is 5.97 Å². The second kappa shape index (κ2) is 5.49. The second-order valence-electron chi connectivity index (χ2n) is 4.25. The van der Waals surface area contributed by atoms with E-state index in [4.69, 9.17) is 5.11 Å². The van der Waals surface area contributed by atoms with Crippen LogP contribution >= 0.6 is 0 Å². The number of anilines is 1. The van der Waals surface area contributed by atoms with E-state index in [0.717, 1.165) is 12.3 Å². The number of carbonyl (C=O) groups is 1. The number of aromatic nitrogens is 1. The highest BCUT2D eigenvalue weighted by molar-refractivity contribution is 7.92. The number of nitrogens with one attached hydrogen (secondary N) is 1. The Morgan fingerprint density at radius 1 is 1.33 bits per heavy atom. The van der Waals surface area contributed by atoms with Crippen molar-refractivity contribution in [2.45, 2.75) is 11.8 Å². The third-order valence-corrected chi connectivity index (χ3v) is 4.25. The third-order valence-electron chi connectivity index (χ3n) is 2.74. The van der Waals surface area contributed by atoms with Crippen LogP contribution in [0, 0.1) is 12.7 Å². The van der Waals surface area contributed by atoms with Crippen LogP contribution in [0.15, 0.2) is 41.6 Å². The maximum Gasteiger partial charge on any atom is 0.335 e. The highest BCUT2D eigenvalue weighted by atomic mass is 32.2. The van der Waals surface area contributed by atoms with Crippen molar-refractivity contribution in [1.29, 1.82) is 0 Å². The minimum absolute atomic E-state index is 0.170. The van der Waals surface area contributed by atoms with Gasteiger partial charge in [0.1, 0.15) is 0 Å². The van der Waals surface area contributed by atoms with E-state index in [1.807, 2.05) is 0 Å². The average Bonchev–Trinajstić information content (AvgIpc) is 2.41. The highest BCUT2D eigenvalue weighted by Crippen LogP contribution is 2.22. The molecule has 2 aromatic rings. The van der Waals surface area contributed by atoms with Gasteiger partial charge in [0.05, 0.1) is 22.3 Å². The lowest BCUT2D eigenvalue weighted by Crippen LogP contribution is -2.16. The summed E-state index contributed by atoms with van der Waals surface area (Å²) in [6.45, 7) is 1.52. The van der Waals surface area contributed by atoms with E-state index in [9.17, 15) is 17.6 Å². The fourth-order valence-electron chi connectivity index (χ4n) is 1.68. The highest BCUT2D eigenvalue weighted by Gasteiger charge is 2.20. The van der Waals surface area contributed by atoms with Crippen LogP contribution in [0.1, 0.15) is 15.9 Å². The molecule has 1 heterocycles. The zero-order chi connectivity index (χ0) is 15.6. The lowest BCUT2D eigenvalue weighted by molar-refractivity contribution is 0.0696. The molecule has 0 atom stereocenters. The number of nitrogens with zero attached hydrogens (tertiary/aromatic N) is 1. The number of aryl methyl sites for hydroxylation is 1. The quantitative estimate of drug-likeness (QED) is 0.900. The fourth-order valence-corrected chi connectivity index (χ4v) is 3.02. The van der Waals surface area contributed by atoms with E-state index in [1.54, 1.807) is 0 Å². The van der Waals surface area contributed by atoms with Crippen molar-refractivity contribution in [2.75, 3.05) is 4.72 Å². The van der Waals surface area contributed by atoms with E-state index >= 15 is 0 Å². The van der Waals surface area contributed by atoms with E-state index in [-0.39, 0.29) is 16.1 Å². The zero-order valence-corrected chi connectivity index (χ0v) is 11.7. The van der Waals surface area contributed by atoms with Crippen molar-refractivity contribution in [3.8, 4) is 0 Å². The number of pyridine rings is 1. The molecule has 0 fully saturated rings. The van der Waals surface area contributed by atoms with Gasteiger partial charge in [-0.15, -0.1) is 0 Å². The Morgan fingerprint density at radius 2 is 2.05 bits per heavy atom. The molecule has 0 unspecified atom stereocenters. The van der Waals surface area contributed by atoms with E-state index in [0.29, 0.717) is 5.56 Å². The molecule has 0 saturated carbocycles. The molecular weight excluding hydrogens is 299 g/mol. The Kier molecular flexibility index (Phi) is 3.90. The van der Waals surface area contributed by atoms with Gasteiger partial charge in [0.15, 0.2) is 5.82 Å². The van der Waals surface area contributed by atoms with Crippen LogP contribution in [0.4, 0.5) is 10.1 Å². The van der Waals surface area contributed by atoms with Gasteiger partial charge < -0.3 is 5.11 Å². The summed E-state index contributed by atoms with van der Waals surface area (Å²) in [4.78, 5) is 14.2. The summed E-state index contributed by atoms with van der Waals surface area (Å²) in [5.74, 6) is -2.07. The van der Waals surface area contributed by atoms with Crippen molar-refractivity contribution < 1.29 is 22.7 Å². The Balaban J connectivity index is 2.47. The van der Waals surface area contributed by atoms with Crippen molar-refractivity contribution in [2.24, 2.45) is 0 Å². The Morgan fingerprint density at radius 3 is 2.67 bits per heavy atom. The lowest BCUT2D eigenvalue weighted by Gasteiger charge is -2.11. The van der Waals surface area contributed by atoms with E-state index in [2.05, 4.69) is 9.71 Å². The summed E-state index contributed by atoms with van der Waals surface area (Å²) in [7, 11) is -4.10. The number of carboxylic acid groups (broad SMARTS) is 1. The van der Waals surface area contributed by atoms with Gasteiger partial charge in [0.25, 0.3) is 10.0 Å². The number of halogens is 1. The molecule has 6 nitrogen and oxygen atoms in total.